The minimum Gasteiger partial charge on any atom is -0.310 e. The average Bonchev–Trinajstić information content (AvgIpc) is 2.11. The molecule has 102 valence electrons. The van der Waals surface area contributed by atoms with Crippen molar-refractivity contribution in [3.8, 4) is 0 Å². The summed E-state index contributed by atoms with van der Waals surface area (Å²) in [6, 6.07) is 0.786. The van der Waals surface area contributed by atoms with Crippen LogP contribution in [-0.4, -0.2) is 32.8 Å². The van der Waals surface area contributed by atoms with Gasteiger partial charge in [-0.1, -0.05) is 27.2 Å². The topological polar surface area (TPSA) is 58.2 Å². The maximum absolute atomic E-state index is 11.8. The van der Waals surface area contributed by atoms with Crippen molar-refractivity contribution in [3.63, 3.8) is 0 Å². The first kappa shape index (κ1) is 14.9. The van der Waals surface area contributed by atoms with Gasteiger partial charge in [-0.15, -0.1) is 0 Å². The molecule has 1 saturated heterocycles. The molecule has 0 aromatic heterocycles. The molecular formula is C12H26N2O2S. The van der Waals surface area contributed by atoms with Gasteiger partial charge in [-0.3, -0.25) is 0 Å². The van der Waals surface area contributed by atoms with Gasteiger partial charge in [0.15, 0.2) is 0 Å². The Hall–Kier alpha value is -0.130. The summed E-state index contributed by atoms with van der Waals surface area (Å²) in [5, 5.41) is 3.42. The number of rotatable bonds is 4. The molecule has 1 rings (SSSR count). The number of hydrogen-bond donors (Lipinski definition) is 2. The van der Waals surface area contributed by atoms with Crippen molar-refractivity contribution in [2.75, 3.05) is 12.3 Å². The molecule has 0 spiro atoms. The van der Waals surface area contributed by atoms with Gasteiger partial charge in [0.05, 0.1) is 5.75 Å². The second kappa shape index (κ2) is 5.67. The van der Waals surface area contributed by atoms with E-state index in [0.717, 1.165) is 6.42 Å². The van der Waals surface area contributed by atoms with Gasteiger partial charge in [0.2, 0.25) is 10.0 Å². The zero-order chi connectivity index (χ0) is 13.1. The Morgan fingerprint density at radius 3 is 2.47 bits per heavy atom. The normalized spacial score (nSPS) is 27.1. The van der Waals surface area contributed by atoms with Crippen LogP contribution in [0.15, 0.2) is 0 Å². The van der Waals surface area contributed by atoms with Crippen molar-refractivity contribution in [1.82, 2.24) is 10.0 Å². The van der Waals surface area contributed by atoms with Gasteiger partial charge in [0, 0.05) is 18.6 Å². The predicted octanol–water partition coefficient (Wildman–Crippen LogP) is 1.48. The molecule has 0 aromatic rings. The molecule has 0 bridgehead atoms. The summed E-state index contributed by atoms with van der Waals surface area (Å²) < 4.78 is 26.4. The van der Waals surface area contributed by atoms with E-state index in [2.05, 4.69) is 17.0 Å². The molecule has 2 N–H and O–H groups in total. The molecule has 4 nitrogen and oxygen atoms in total. The second-order valence-electron chi connectivity index (χ2n) is 6.36. The van der Waals surface area contributed by atoms with E-state index in [9.17, 15) is 8.42 Å². The van der Waals surface area contributed by atoms with Crippen LogP contribution < -0.4 is 10.0 Å². The Balaban J connectivity index is 2.39. The molecule has 0 amide bonds. The fourth-order valence-corrected chi connectivity index (χ4v) is 3.95. The summed E-state index contributed by atoms with van der Waals surface area (Å²) in [4.78, 5) is 0. The second-order valence-corrected chi connectivity index (χ2v) is 8.17. The van der Waals surface area contributed by atoms with Crippen LogP contribution >= 0.6 is 0 Å². The van der Waals surface area contributed by atoms with Gasteiger partial charge in [0.1, 0.15) is 0 Å². The highest BCUT2D eigenvalue weighted by atomic mass is 32.2. The van der Waals surface area contributed by atoms with Crippen LogP contribution in [-0.2, 0) is 10.0 Å². The van der Waals surface area contributed by atoms with Crippen LogP contribution in [0.1, 0.15) is 47.0 Å². The molecule has 0 saturated carbocycles. The fraction of sp³-hybridized carbons (Fsp3) is 1.00. The van der Waals surface area contributed by atoms with Crippen LogP contribution in [0.4, 0.5) is 0 Å². The van der Waals surface area contributed by atoms with Crippen LogP contribution in [0.5, 0.6) is 0 Å². The van der Waals surface area contributed by atoms with E-state index in [-0.39, 0.29) is 17.2 Å². The molecule has 1 fully saturated rings. The number of piperidine rings is 1. The zero-order valence-corrected chi connectivity index (χ0v) is 12.2. The Labute approximate surface area is 106 Å². The first-order valence-electron chi connectivity index (χ1n) is 6.41. The molecule has 0 aliphatic carbocycles. The highest BCUT2D eigenvalue weighted by molar-refractivity contribution is 7.89. The van der Waals surface area contributed by atoms with Crippen LogP contribution in [0.2, 0.25) is 0 Å². The van der Waals surface area contributed by atoms with E-state index in [1.807, 2.05) is 20.8 Å². The molecule has 5 heteroatoms. The van der Waals surface area contributed by atoms with E-state index in [4.69, 9.17) is 0 Å². The van der Waals surface area contributed by atoms with Crippen molar-refractivity contribution in [2.24, 2.45) is 5.41 Å². The molecule has 1 aliphatic heterocycles. The van der Waals surface area contributed by atoms with Crippen molar-refractivity contribution in [3.05, 3.63) is 0 Å². The van der Waals surface area contributed by atoms with Crippen molar-refractivity contribution in [2.45, 2.75) is 59.0 Å². The summed E-state index contributed by atoms with van der Waals surface area (Å²) in [6.07, 6.45) is 3.42. The lowest BCUT2D eigenvalue weighted by Crippen LogP contribution is -2.48. The third-order valence-corrected chi connectivity index (χ3v) is 4.74. The molecule has 2 unspecified atom stereocenters. The molecule has 2 atom stereocenters. The van der Waals surface area contributed by atoms with Gasteiger partial charge >= 0.3 is 0 Å². The third-order valence-electron chi connectivity index (χ3n) is 2.88. The first-order chi connectivity index (χ1) is 7.68. The van der Waals surface area contributed by atoms with E-state index in [0.29, 0.717) is 12.6 Å². The highest BCUT2D eigenvalue weighted by Gasteiger charge is 2.23. The Kier molecular flexibility index (Phi) is 4.98. The van der Waals surface area contributed by atoms with Gasteiger partial charge < -0.3 is 5.32 Å². The Bertz CT molecular complexity index is 333. The van der Waals surface area contributed by atoms with E-state index in [1.165, 1.54) is 12.8 Å². The first-order valence-corrected chi connectivity index (χ1v) is 8.06. The van der Waals surface area contributed by atoms with E-state index in [1.54, 1.807) is 0 Å². The SMILES string of the molecule is CC1CCCC(CNS(=O)(=O)CC(C)(C)C)N1. The maximum Gasteiger partial charge on any atom is 0.212 e. The number of hydrogen-bond acceptors (Lipinski definition) is 3. The van der Waals surface area contributed by atoms with Gasteiger partial charge in [-0.2, -0.15) is 0 Å². The van der Waals surface area contributed by atoms with Crippen LogP contribution in [0.3, 0.4) is 0 Å². The average molecular weight is 262 g/mol. The van der Waals surface area contributed by atoms with Crippen molar-refractivity contribution >= 4 is 10.0 Å². The molecule has 1 aliphatic rings. The van der Waals surface area contributed by atoms with Gasteiger partial charge in [-0.05, 0) is 25.2 Å². The molecular weight excluding hydrogens is 236 g/mol. The summed E-state index contributed by atoms with van der Waals surface area (Å²) in [6.45, 7) is 8.48. The van der Waals surface area contributed by atoms with Crippen LogP contribution in [0, 0.1) is 5.41 Å². The number of sulfonamides is 1. The lowest BCUT2D eigenvalue weighted by Gasteiger charge is -2.29. The molecule has 0 radical (unpaired) electrons. The minimum absolute atomic E-state index is 0.183. The number of nitrogens with one attached hydrogen (secondary N) is 2. The molecule has 1 heterocycles. The molecule has 0 aromatic carbocycles. The van der Waals surface area contributed by atoms with E-state index < -0.39 is 10.0 Å². The Morgan fingerprint density at radius 1 is 1.29 bits per heavy atom. The zero-order valence-electron chi connectivity index (χ0n) is 11.4. The van der Waals surface area contributed by atoms with Crippen molar-refractivity contribution < 1.29 is 8.42 Å². The van der Waals surface area contributed by atoms with Crippen molar-refractivity contribution in [1.29, 1.82) is 0 Å². The van der Waals surface area contributed by atoms with Crippen LogP contribution in [0.25, 0.3) is 0 Å². The summed E-state index contributed by atoms with van der Waals surface area (Å²) in [5.74, 6) is 0.183. The smallest absolute Gasteiger partial charge is 0.212 e. The quantitative estimate of drug-likeness (QED) is 0.807. The standard InChI is InChI=1S/C12H26N2O2S/c1-10-6-5-7-11(14-10)8-13-17(15,16)9-12(2,3)4/h10-11,13-14H,5-9H2,1-4H3. The minimum atomic E-state index is -3.15. The largest absolute Gasteiger partial charge is 0.310 e. The Morgan fingerprint density at radius 2 is 1.94 bits per heavy atom. The summed E-state index contributed by atoms with van der Waals surface area (Å²) >= 11 is 0. The fourth-order valence-electron chi connectivity index (χ4n) is 2.25. The van der Waals surface area contributed by atoms with E-state index >= 15 is 0 Å². The molecule has 17 heavy (non-hydrogen) atoms. The third kappa shape index (κ3) is 6.38. The van der Waals surface area contributed by atoms with Gasteiger partial charge in [-0.25, -0.2) is 13.1 Å². The maximum atomic E-state index is 11.8. The highest BCUT2D eigenvalue weighted by Crippen LogP contribution is 2.16. The van der Waals surface area contributed by atoms with Gasteiger partial charge in [0.25, 0.3) is 0 Å². The monoisotopic (exact) mass is 262 g/mol. The lowest BCUT2D eigenvalue weighted by atomic mass is 10.00. The summed E-state index contributed by atoms with van der Waals surface area (Å²) in [5.41, 5.74) is -0.195. The summed E-state index contributed by atoms with van der Waals surface area (Å²) in [7, 11) is -3.15. The predicted molar refractivity (Wildman–Crippen MR) is 71.5 cm³/mol. The lowest BCUT2D eigenvalue weighted by molar-refractivity contribution is 0.333.